The van der Waals surface area contributed by atoms with Crippen LogP contribution in [0, 0.1) is 0 Å². The van der Waals surface area contributed by atoms with Gasteiger partial charge in [0.1, 0.15) is 11.5 Å². The van der Waals surface area contributed by atoms with Gasteiger partial charge in [0.25, 0.3) is 0 Å². The molecule has 114 valence electrons. The number of fused-ring (bicyclic) bond motifs is 5. The lowest BCUT2D eigenvalue weighted by Crippen LogP contribution is -1.91. The van der Waals surface area contributed by atoms with Crippen molar-refractivity contribution < 1.29 is 10.2 Å². The summed E-state index contributed by atoms with van der Waals surface area (Å²) in [4.78, 5) is 0. The van der Waals surface area contributed by atoms with Crippen LogP contribution in [0.2, 0.25) is 0 Å². The second kappa shape index (κ2) is 4.88. The van der Waals surface area contributed by atoms with Gasteiger partial charge in [-0.05, 0) is 45.2 Å². The first kappa shape index (κ1) is 13.9. The van der Waals surface area contributed by atoms with Crippen LogP contribution in [0.4, 0.5) is 0 Å². The molecule has 0 amide bonds. The zero-order chi connectivity index (χ0) is 16.1. The first-order valence-electron chi connectivity index (χ1n) is 7.87. The summed E-state index contributed by atoms with van der Waals surface area (Å²) in [6, 6.07) is 17.5. The molecule has 0 heterocycles. The van der Waals surface area contributed by atoms with Gasteiger partial charge < -0.3 is 10.2 Å². The molecule has 0 saturated carbocycles. The molecule has 0 fully saturated rings. The van der Waals surface area contributed by atoms with Crippen molar-refractivity contribution in [1.29, 1.82) is 0 Å². The van der Waals surface area contributed by atoms with Gasteiger partial charge >= 0.3 is 0 Å². The van der Waals surface area contributed by atoms with E-state index in [9.17, 15) is 10.2 Å². The Morgan fingerprint density at radius 2 is 1.26 bits per heavy atom. The number of phenols is 2. The van der Waals surface area contributed by atoms with Gasteiger partial charge in [-0.25, -0.2) is 0 Å². The average molecular weight is 302 g/mol. The predicted molar refractivity (Wildman–Crippen MR) is 96.4 cm³/mol. The fourth-order valence-corrected chi connectivity index (χ4v) is 3.53. The summed E-state index contributed by atoms with van der Waals surface area (Å²) < 4.78 is 0. The number of aromatic hydroxyl groups is 2. The Labute approximate surface area is 134 Å². The third-order valence-electron chi connectivity index (χ3n) is 4.61. The molecule has 0 saturated heterocycles. The van der Waals surface area contributed by atoms with E-state index in [1.54, 1.807) is 0 Å². The molecule has 0 aliphatic carbocycles. The number of phenolic OH excluding ortho intramolecular Hbond substituents is 2. The van der Waals surface area contributed by atoms with E-state index in [2.05, 4.69) is 19.9 Å². The summed E-state index contributed by atoms with van der Waals surface area (Å²) in [5.74, 6) is 0.888. The standard InChI is InChI=1S/C21H18O2/c1-12(2)13-8-5-9-16-18-10-19(22)15-7-4-3-6-14(15)17(18)11-20(23)21(13)16/h3-12,22-23H,1-2H3. The molecule has 0 atom stereocenters. The Morgan fingerprint density at radius 1 is 0.652 bits per heavy atom. The van der Waals surface area contributed by atoms with E-state index in [1.807, 2.05) is 48.5 Å². The van der Waals surface area contributed by atoms with Gasteiger partial charge in [0.15, 0.2) is 0 Å². The summed E-state index contributed by atoms with van der Waals surface area (Å²) >= 11 is 0. The molecule has 4 rings (SSSR count). The largest absolute Gasteiger partial charge is 0.507 e. The second-order valence-electron chi connectivity index (χ2n) is 6.36. The monoisotopic (exact) mass is 302 g/mol. The molecular formula is C21H18O2. The zero-order valence-corrected chi connectivity index (χ0v) is 13.2. The summed E-state index contributed by atoms with van der Waals surface area (Å²) in [6.45, 7) is 4.24. The highest BCUT2D eigenvalue weighted by molar-refractivity contribution is 6.20. The van der Waals surface area contributed by atoms with Crippen LogP contribution in [-0.2, 0) is 0 Å². The average Bonchev–Trinajstić information content (AvgIpc) is 2.56. The maximum absolute atomic E-state index is 10.7. The van der Waals surface area contributed by atoms with Crippen molar-refractivity contribution in [2.75, 3.05) is 0 Å². The van der Waals surface area contributed by atoms with E-state index in [0.717, 1.165) is 37.9 Å². The lowest BCUT2D eigenvalue weighted by atomic mass is 9.90. The van der Waals surface area contributed by atoms with Crippen molar-refractivity contribution >= 4 is 32.3 Å². The molecule has 2 heteroatoms. The lowest BCUT2D eigenvalue weighted by Gasteiger charge is -2.15. The van der Waals surface area contributed by atoms with Crippen LogP contribution in [0.25, 0.3) is 32.3 Å². The minimum absolute atomic E-state index is 0.273. The van der Waals surface area contributed by atoms with Crippen LogP contribution in [0.3, 0.4) is 0 Å². The predicted octanol–water partition coefficient (Wildman–Crippen LogP) is 5.68. The maximum atomic E-state index is 10.7. The highest BCUT2D eigenvalue weighted by atomic mass is 16.3. The van der Waals surface area contributed by atoms with Crippen molar-refractivity contribution in [1.82, 2.24) is 0 Å². The molecular weight excluding hydrogens is 284 g/mol. The molecule has 2 nitrogen and oxygen atoms in total. The van der Waals surface area contributed by atoms with E-state index in [1.165, 1.54) is 0 Å². The van der Waals surface area contributed by atoms with Crippen molar-refractivity contribution in [2.24, 2.45) is 0 Å². The molecule has 4 aromatic carbocycles. The maximum Gasteiger partial charge on any atom is 0.124 e. The summed E-state index contributed by atoms with van der Waals surface area (Å²) in [5.41, 5.74) is 1.12. The van der Waals surface area contributed by atoms with Crippen LogP contribution in [0.15, 0.2) is 54.6 Å². The van der Waals surface area contributed by atoms with Crippen molar-refractivity contribution in [3.05, 3.63) is 60.2 Å². The summed E-state index contributed by atoms with van der Waals surface area (Å²) in [5, 5.41) is 26.6. The van der Waals surface area contributed by atoms with E-state index in [4.69, 9.17) is 0 Å². The Hall–Kier alpha value is -2.74. The molecule has 4 aromatic rings. The van der Waals surface area contributed by atoms with Crippen molar-refractivity contribution in [2.45, 2.75) is 19.8 Å². The molecule has 0 aliphatic heterocycles. The molecule has 0 radical (unpaired) electrons. The minimum atomic E-state index is 0.273. The highest BCUT2D eigenvalue weighted by Gasteiger charge is 2.15. The van der Waals surface area contributed by atoms with E-state index < -0.39 is 0 Å². The molecule has 0 bridgehead atoms. The third-order valence-corrected chi connectivity index (χ3v) is 4.61. The van der Waals surface area contributed by atoms with E-state index >= 15 is 0 Å². The van der Waals surface area contributed by atoms with Gasteiger partial charge in [-0.3, -0.25) is 0 Å². The van der Waals surface area contributed by atoms with Crippen LogP contribution in [0.5, 0.6) is 11.5 Å². The normalized spacial score (nSPS) is 11.8. The number of hydrogen-bond acceptors (Lipinski definition) is 2. The Balaban J connectivity index is 2.29. The van der Waals surface area contributed by atoms with Gasteiger partial charge in [0.2, 0.25) is 0 Å². The fraction of sp³-hybridized carbons (Fsp3) is 0.143. The van der Waals surface area contributed by atoms with Crippen LogP contribution < -0.4 is 0 Å². The van der Waals surface area contributed by atoms with Crippen molar-refractivity contribution in [3.63, 3.8) is 0 Å². The second-order valence-corrected chi connectivity index (χ2v) is 6.36. The van der Waals surface area contributed by atoms with E-state index in [-0.39, 0.29) is 5.75 Å². The number of hydrogen-bond donors (Lipinski definition) is 2. The highest BCUT2D eigenvalue weighted by Crippen LogP contribution is 2.42. The first-order chi connectivity index (χ1) is 11.1. The molecule has 0 aliphatic rings. The Morgan fingerprint density at radius 3 is 2.00 bits per heavy atom. The smallest absolute Gasteiger partial charge is 0.124 e. The summed E-state index contributed by atoms with van der Waals surface area (Å²) in [6.07, 6.45) is 0. The van der Waals surface area contributed by atoms with Crippen molar-refractivity contribution in [3.8, 4) is 11.5 Å². The van der Waals surface area contributed by atoms with Gasteiger partial charge in [0, 0.05) is 10.8 Å². The number of rotatable bonds is 1. The Bertz CT molecular complexity index is 1060. The van der Waals surface area contributed by atoms with Gasteiger partial charge in [-0.1, -0.05) is 56.3 Å². The van der Waals surface area contributed by atoms with Gasteiger partial charge in [-0.15, -0.1) is 0 Å². The Kier molecular flexibility index (Phi) is 2.95. The van der Waals surface area contributed by atoms with Gasteiger partial charge in [0.05, 0.1) is 0 Å². The molecule has 0 aromatic heterocycles. The van der Waals surface area contributed by atoms with E-state index in [0.29, 0.717) is 11.7 Å². The first-order valence-corrected chi connectivity index (χ1v) is 7.87. The van der Waals surface area contributed by atoms with Crippen LogP contribution >= 0.6 is 0 Å². The van der Waals surface area contributed by atoms with Crippen LogP contribution in [-0.4, -0.2) is 10.2 Å². The zero-order valence-electron chi connectivity index (χ0n) is 13.2. The minimum Gasteiger partial charge on any atom is -0.507 e. The quantitative estimate of drug-likeness (QED) is 0.444. The third kappa shape index (κ3) is 1.95. The summed E-state index contributed by atoms with van der Waals surface area (Å²) in [7, 11) is 0. The molecule has 2 N–H and O–H groups in total. The molecule has 0 spiro atoms. The fourth-order valence-electron chi connectivity index (χ4n) is 3.53. The SMILES string of the molecule is CC(C)c1cccc2c1c(O)cc1c3ccccc3c(O)cc21. The van der Waals surface area contributed by atoms with Crippen LogP contribution in [0.1, 0.15) is 25.3 Å². The topological polar surface area (TPSA) is 40.5 Å². The molecule has 23 heavy (non-hydrogen) atoms. The number of benzene rings is 4. The molecule has 0 unspecified atom stereocenters. The van der Waals surface area contributed by atoms with Gasteiger partial charge in [-0.2, -0.15) is 0 Å². The lowest BCUT2D eigenvalue weighted by molar-refractivity contribution is 0.480.